The molecule has 0 aromatic carbocycles. The summed E-state index contributed by atoms with van der Waals surface area (Å²) in [5.41, 5.74) is 12.4. The summed E-state index contributed by atoms with van der Waals surface area (Å²) in [6.45, 7) is 0. The summed E-state index contributed by atoms with van der Waals surface area (Å²) in [7, 11) is 0. The largest absolute Gasteiger partial charge is 0.382 e. The fourth-order valence-electron chi connectivity index (χ4n) is 0.987. The van der Waals surface area contributed by atoms with Crippen molar-refractivity contribution in [3.63, 3.8) is 0 Å². The number of rotatable bonds is 0. The second-order valence-corrected chi connectivity index (χ2v) is 2.20. The van der Waals surface area contributed by atoms with Gasteiger partial charge in [0.05, 0.1) is 5.52 Å². The topological polar surface area (TPSA) is 93.6 Å². The van der Waals surface area contributed by atoms with Crippen molar-refractivity contribution >= 4 is 22.8 Å². The number of hydrogen-bond acceptors (Lipinski definition) is 4. The van der Waals surface area contributed by atoms with Crippen LogP contribution in [0.3, 0.4) is 0 Å². The Morgan fingerprint density at radius 1 is 1.27 bits per heavy atom. The number of anilines is 2. The summed E-state index contributed by atoms with van der Waals surface area (Å²) in [4.78, 5) is 10.6. The van der Waals surface area contributed by atoms with E-state index in [2.05, 4.69) is 15.0 Å². The fourth-order valence-corrected chi connectivity index (χ4v) is 0.987. The van der Waals surface area contributed by atoms with E-state index in [4.69, 9.17) is 11.5 Å². The lowest BCUT2D eigenvalue weighted by molar-refractivity contribution is 1.24. The van der Waals surface area contributed by atoms with E-state index in [1.807, 2.05) is 0 Å². The lowest BCUT2D eigenvalue weighted by Crippen LogP contribution is -1.99. The summed E-state index contributed by atoms with van der Waals surface area (Å²) < 4.78 is 0. The molecular formula is C6H7N5. The van der Waals surface area contributed by atoms with Gasteiger partial charge in [-0.2, -0.15) is 4.98 Å². The van der Waals surface area contributed by atoms with Crippen LogP contribution in [0.4, 0.5) is 11.8 Å². The molecule has 2 aromatic rings. The molecule has 0 aliphatic heterocycles. The monoisotopic (exact) mass is 149 g/mol. The molecule has 56 valence electrons. The zero-order chi connectivity index (χ0) is 7.84. The zero-order valence-corrected chi connectivity index (χ0v) is 5.70. The Bertz CT molecular complexity index is 391. The molecule has 5 heteroatoms. The van der Waals surface area contributed by atoms with Crippen LogP contribution in [0.1, 0.15) is 0 Å². The van der Waals surface area contributed by atoms with Crippen molar-refractivity contribution in [1.29, 1.82) is 0 Å². The lowest BCUT2D eigenvalue weighted by atomic mass is 10.4. The molecule has 0 saturated carbocycles. The first kappa shape index (κ1) is 5.96. The molecule has 11 heavy (non-hydrogen) atoms. The predicted octanol–water partition coefficient (Wildman–Crippen LogP) is 0.122. The van der Waals surface area contributed by atoms with Gasteiger partial charge in [-0.05, 0) is 6.07 Å². The van der Waals surface area contributed by atoms with Gasteiger partial charge in [0.15, 0.2) is 5.82 Å². The van der Waals surface area contributed by atoms with Crippen molar-refractivity contribution in [2.75, 3.05) is 11.5 Å². The first-order valence-corrected chi connectivity index (χ1v) is 3.13. The van der Waals surface area contributed by atoms with Gasteiger partial charge in [0.25, 0.3) is 0 Å². The molecular weight excluding hydrogens is 142 g/mol. The SMILES string of the molecule is Nc1nc(N)c2[nH]ccc2n1. The average Bonchev–Trinajstić information content (AvgIpc) is 2.34. The van der Waals surface area contributed by atoms with Crippen LogP contribution in [0.5, 0.6) is 0 Å². The quantitative estimate of drug-likeness (QED) is 0.496. The number of aromatic amines is 1. The summed E-state index contributed by atoms with van der Waals surface area (Å²) in [5, 5.41) is 0. The Balaban J connectivity index is 2.91. The minimum absolute atomic E-state index is 0.203. The highest BCUT2D eigenvalue weighted by Crippen LogP contribution is 2.15. The van der Waals surface area contributed by atoms with Crippen LogP contribution in [0, 0.1) is 0 Å². The van der Waals surface area contributed by atoms with E-state index in [9.17, 15) is 0 Å². The number of nitrogens with zero attached hydrogens (tertiary/aromatic N) is 2. The van der Waals surface area contributed by atoms with Gasteiger partial charge >= 0.3 is 0 Å². The van der Waals surface area contributed by atoms with E-state index in [1.54, 1.807) is 12.3 Å². The Labute approximate surface area is 62.4 Å². The first-order valence-electron chi connectivity index (χ1n) is 3.13. The standard InChI is InChI=1S/C6H7N5/c7-5-4-3(1-2-9-4)10-6(8)11-5/h1-2,9H,(H4,7,8,10,11). The average molecular weight is 149 g/mol. The minimum atomic E-state index is 0.203. The van der Waals surface area contributed by atoms with Gasteiger partial charge in [0.1, 0.15) is 5.52 Å². The van der Waals surface area contributed by atoms with Crippen LogP contribution >= 0.6 is 0 Å². The Kier molecular flexibility index (Phi) is 1.00. The van der Waals surface area contributed by atoms with Gasteiger partial charge in [0.2, 0.25) is 5.95 Å². The highest BCUT2D eigenvalue weighted by atomic mass is 15.0. The normalized spacial score (nSPS) is 10.5. The molecule has 0 spiro atoms. The van der Waals surface area contributed by atoms with Crippen LogP contribution < -0.4 is 11.5 Å². The van der Waals surface area contributed by atoms with Crippen molar-refractivity contribution in [3.05, 3.63) is 12.3 Å². The molecule has 0 saturated heterocycles. The molecule has 0 fully saturated rings. The van der Waals surface area contributed by atoms with Crippen LogP contribution in [0.15, 0.2) is 12.3 Å². The van der Waals surface area contributed by atoms with Gasteiger partial charge in [-0.1, -0.05) is 0 Å². The van der Waals surface area contributed by atoms with Gasteiger partial charge in [-0.15, -0.1) is 0 Å². The molecule has 0 aliphatic carbocycles. The third-order valence-electron chi connectivity index (χ3n) is 1.45. The summed E-state index contributed by atoms with van der Waals surface area (Å²) in [5.74, 6) is 0.590. The number of H-pyrrole nitrogens is 1. The van der Waals surface area contributed by atoms with Crippen molar-refractivity contribution in [1.82, 2.24) is 15.0 Å². The number of aromatic nitrogens is 3. The van der Waals surface area contributed by atoms with E-state index in [0.717, 1.165) is 11.0 Å². The highest BCUT2D eigenvalue weighted by molar-refractivity contribution is 5.85. The van der Waals surface area contributed by atoms with Gasteiger partial charge < -0.3 is 16.5 Å². The maximum absolute atomic E-state index is 5.54. The number of hydrogen-bond donors (Lipinski definition) is 3. The fraction of sp³-hybridized carbons (Fsp3) is 0. The predicted molar refractivity (Wildman–Crippen MR) is 42.7 cm³/mol. The summed E-state index contributed by atoms with van der Waals surface area (Å²) in [6.07, 6.45) is 1.75. The van der Waals surface area contributed by atoms with E-state index in [1.165, 1.54) is 0 Å². The number of nitrogens with two attached hydrogens (primary N) is 2. The third-order valence-corrected chi connectivity index (χ3v) is 1.45. The van der Waals surface area contributed by atoms with Crippen molar-refractivity contribution in [3.8, 4) is 0 Å². The van der Waals surface area contributed by atoms with E-state index >= 15 is 0 Å². The Hall–Kier alpha value is -1.78. The molecule has 0 radical (unpaired) electrons. The van der Waals surface area contributed by atoms with E-state index < -0.39 is 0 Å². The van der Waals surface area contributed by atoms with Crippen LogP contribution in [0.2, 0.25) is 0 Å². The first-order chi connectivity index (χ1) is 5.27. The summed E-state index contributed by atoms with van der Waals surface area (Å²) >= 11 is 0. The van der Waals surface area contributed by atoms with Gasteiger partial charge in [-0.25, -0.2) is 4.98 Å². The molecule has 0 unspecified atom stereocenters. The number of nitrogen functional groups attached to an aromatic ring is 2. The van der Waals surface area contributed by atoms with Crippen LogP contribution in [-0.2, 0) is 0 Å². The Morgan fingerprint density at radius 2 is 2.09 bits per heavy atom. The molecule has 2 rings (SSSR count). The number of nitrogens with one attached hydrogen (secondary N) is 1. The third kappa shape index (κ3) is 0.778. The molecule has 0 amide bonds. The molecule has 2 heterocycles. The second-order valence-electron chi connectivity index (χ2n) is 2.20. The van der Waals surface area contributed by atoms with E-state index in [-0.39, 0.29) is 5.95 Å². The number of fused-ring (bicyclic) bond motifs is 1. The van der Waals surface area contributed by atoms with Crippen LogP contribution in [-0.4, -0.2) is 15.0 Å². The molecule has 0 aliphatic rings. The van der Waals surface area contributed by atoms with Crippen molar-refractivity contribution < 1.29 is 0 Å². The minimum Gasteiger partial charge on any atom is -0.382 e. The van der Waals surface area contributed by atoms with Crippen molar-refractivity contribution in [2.45, 2.75) is 0 Å². The highest BCUT2D eigenvalue weighted by Gasteiger charge is 2.01. The van der Waals surface area contributed by atoms with Crippen LogP contribution in [0.25, 0.3) is 11.0 Å². The maximum Gasteiger partial charge on any atom is 0.222 e. The van der Waals surface area contributed by atoms with Crippen molar-refractivity contribution in [2.24, 2.45) is 0 Å². The maximum atomic E-state index is 5.54. The zero-order valence-electron chi connectivity index (χ0n) is 5.70. The van der Waals surface area contributed by atoms with Gasteiger partial charge in [0, 0.05) is 6.20 Å². The second kappa shape index (κ2) is 1.85. The molecule has 5 nitrogen and oxygen atoms in total. The Morgan fingerprint density at radius 3 is 2.91 bits per heavy atom. The van der Waals surface area contributed by atoms with Gasteiger partial charge in [-0.3, -0.25) is 0 Å². The molecule has 0 bridgehead atoms. The van der Waals surface area contributed by atoms with E-state index in [0.29, 0.717) is 5.82 Å². The smallest absolute Gasteiger partial charge is 0.222 e. The lowest BCUT2D eigenvalue weighted by Gasteiger charge is -1.95. The summed E-state index contributed by atoms with van der Waals surface area (Å²) in [6, 6.07) is 1.80. The molecule has 0 atom stereocenters. The molecule has 2 aromatic heterocycles. The molecule has 5 N–H and O–H groups in total.